The topological polar surface area (TPSA) is 46.5 Å². The Morgan fingerprint density at radius 1 is 1.69 bits per heavy atom. The summed E-state index contributed by atoms with van der Waals surface area (Å²) >= 11 is 0. The molecule has 16 heavy (non-hydrogen) atoms. The normalized spacial score (nSPS) is 26.4. The summed E-state index contributed by atoms with van der Waals surface area (Å²) in [5.41, 5.74) is 1.27. The molecule has 0 aromatic rings. The summed E-state index contributed by atoms with van der Waals surface area (Å²) in [5, 5.41) is 9.43. The quantitative estimate of drug-likeness (QED) is 0.576. The van der Waals surface area contributed by atoms with Gasteiger partial charge in [-0.3, -0.25) is 4.79 Å². The van der Waals surface area contributed by atoms with E-state index in [-0.39, 0.29) is 18.5 Å². The summed E-state index contributed by atoms with van der Waals surface area (Å²) in [6, 6.07) is 0. The van der Waals surface area contributed by atoms with Gasteiger partial charge in [-0.15, -0.1) is 6.58 Å². The van der Waals surface area contributed by atoms with Crippen LogP contribution in [0.2, 0.25) is 0 Å². The molecule has 1 rings (SSSR count). The van der Waals surface area contributed by atoms with Crippen molar-refractivity contribution < 1.29 is 14.6 Å². The predicted molar refractivity (Wildman–Crippen MR) is 62.9 cm³/mol. The van der Waals surface area contributed by atoms with Crippen LogP contribution >= 0.6 is 0 Å². The van der Waals surface area contributed by atoms with Crippen LogP contribution in [0.5, 0.6) is 0 Å². The maximum atomic E-state index is 11.1. The lowest BCUT2D eigenvalue weighted by Gasteiger charge is -2.25. The van der Waals surface area contributed by atoms with E-state index >= 15 is 0 Å². The monoisotopic (exact) mass is 224 g/mol. The summed E-state index contributed by atoms with van der Waals surface area (Å²) in [6.07, 6.45) is 6.61. The second-order valence-electron chi connectivity index (χ2n) is 4.32. The molecule has 0 aliphatic carbocycles. The van der Waals surface area contributed by atoms with Crippen molar-refractivity contribution >= 4 is 5.97 Å². The van der Waals surface area contributed by atoms with Crippen molar-refractivity contribution in [3.05, 3.63) is 24.3 Å². The first-order chi connectivity index (χ1) is 7.61. The van der Waals surface area contributed by atoms with E-state index in [1.165, 1.54) is 5.57 Å². The lowest BCUT2D eigenvalue weighted by molar-refractivity contribution is -0.160. The summed E-state index contributed by atoms with van der Waals surface area (Å²) in [6.45, 7) is 5.72. The van der Waals surface area contributed by atoms with Gasteiger partial charge in [0.2, 0.25) is 0 Å². The van der Waals surface area contributed by atoms with Gasteiger partial charge in [0.25, 0.3) is 0 Å². The highest BCUT2D eigenvalue weighted by Gasteiger charge is 2.26. The van der Waals surface area contributed by atoms with Gasteiger partial charge in [-0.2, -0.15) is 0 Å². The first kappa shape index (κ1) is 13.0. The third kappa shape index (κ3) is 4.62. The van der Waals surface area contributed by atoms with Gasteiger partial charge in [0.1, 0.15) is 6.10 Å². The SMILES string of the molecule is C=CC/C=C(\C)CC[C@H]1C[C@@H](O)CC(=O)O1. The molecular formula is C13H20O3. The highest BCUT2D eigenvalue weighted by Crippen LogP contribution is 2.20. The van der Waals surface area contributed by atoms with Gasteiger partial charge in [-0.25, -0.2) is 0 Å². The molecule has 3 heteroatoms. The fraction of sp³-hybridized carbons (Fsp3) is 0.615. The zero-order valence-electron chi connectivity index (χ0n) is 9.82. The Morgan fingerprint density at radius 3 is 3.06 bits per heavy atom. The first-order valence-electron chi connectivity index (χ1n) is 5.76. The van der Waals surface area contributed by atoms with Crippen molar-refractivity contribution in [2.24, 2.45) is 0 Å². The van der Waals surface area contributed by atoms with Crippen LogP contribution in [-0.2, 0) is 9.53 Å². The van der Waals surface area contributed by atoms with E-state index in [9.17, 15) is 9.90 Å². The van der Waals surface area contributed by atoms with Crippen LogP contribution in [0.1, 0.15) is 39.0 Å². The number of cyclic esters (lactones) is 1. The van der Waals surface area contributed by atoms with Crippen molar-refractivity contribution in [3.8, 4) is 0 Å². The van der Waals surface area contributed by atoms with Crippen LogP contribution in [0.25, 0.3) is 0 Å². The minimum Gasteiger partial charge on any atom is -0.462 e. The Kier molecular flexibility index (Phi) is 5.26. The molecule has 1 aliphatic rings. The van der Waals surface area contributed by atoms with Crippen molar-refractivity contribution in [2.45, 2.75) is 51.2 Å². The molecule has 0 bridgehead atoms. The highest BCUT2D eigenvalue weighted by molar-refractivity contribution is 5.70. The molecule has 0 saturated carbocycles. The second kappa shape index (κ2) is 6.48. The van der Waals surface area contributed by atoms with Gasteiger partial charge in [0, 0.05) is 6.42 Å². The average Bonchev–Trinajstić information content (AvgIpc) is 2.22. The number of esters is 1. The van der Waals surface area contributed by atoms with Crippen LogP contribution in [0.3, 0.4) is 0 Å². The molecule has 0 unspecified atom stereocenters. The molecule has 0 aromatic heterocycles. The number of aliphatic hydroxyl groups is 1. The molecule has 0 spiro atoms. The van der Waals surface area contributed by atoms with Crippen molar-refractivity contribution in [2.75, 3.05) is 0 Å². The fourth-order valence-corrected chi connectivity index (χ4v) is 1.81. The number of hydrogen-bond donors (Lipinski definition) is 1. The van der Waals surface area contributed by atoms with Gasteiger partial charge < -0.3 is 9.84 Å². The van der Waals surface area contributed by atoms with E-state index in [0.29, 0.717) is 6.42 Å². The summed E-state index contributed by atoms with van der Waals surface area (Å²) in [7, 11) is 0. The Bertz CT molecular complexity index is 281. The lowest BCUT2D eigenvalue weighted by Crippen LogP contribution is -2.32. The Hall–Kier alpha value is -1.09. The number of hydrogen-bond acceptors (Lipinski definition) is 3. The van der Waals surface area contributed by atoms with Crippen molar-refractivity contribution in [3.63, 3.8) is 0 Å². The van der Waals surface area contributed by atoms with Gasteiger partial charge in [-0.05, 0) is 26.2 Å². The maximum Gasteiger partial charge on any atom is 0.308 e. The molecular weight excluding hydrogens is 204 g/mol. The van der Waals surface area contributed by atoms with Crippen molar-refractivity contribution in [1.82, 2.24) is 0 Å². The van der Waals surface area contributed by atoms with E-state index in [1.807, 2.05) is 6.08 Å². The molecule has 0 radical (unpaired) electrons. The lowest BCUT2D eigenvalue weighted by atomic mass is 9.99. The zero-order chi connectivity index (χ0) is 12.0. The number of rotatable bonds is 5. The van der Waals surface area contributed by atoms with Crippen LogP contribution < -0.4 is 0 Å². The van der Waals surface area contributed by atoms with E-state index in [0.717, 1.165) is 19.3 Å². The molecule has 1 heterocycles. The minimum absolute atomic E-state index is 0.122. The molecule has 2 atom stereocenters. The number of ether oxygens (including phenoxy) is 1. The summed E-state index contributed by atoms with van der Waals surface area (Å²) in [5.74, 6) is -0.281. The maximum absolute atomic E-state index is 11.1. The van der Waals surface area contributed by atoms with Gasteiger partial charge in [0.15, 0.2) is 0 Å². The van der Waals surface area contributed by atoms with Gasteiger partial charge in [-0.1, -0.05) is 17.7 Å². The first-order valence-corrected chi connectivity index (χ1v) is 5.76. The van der Waals surface area contributed by atoms with Crippen LogP contribution in [0.4, 0.5) is 0 Å². The smallest absolute Gasteiger partial charge is 0.308 e. The van der Waals surface area contributed by atoms with Gasteiger partial charge in [0.05, 0.1) is 12.5 Å². The second-order valence-corrected chi connectivity index (χ2v) is 4.32. The average molecular weight is 224 g/mol. The van der Waals surface area contributed by atoms with Crippen molar-refractivity contribution in [1.29, 1.82) is 0 Å². The molecule has 0 amide bonds. The number of aliphatic hydroxyl groups excluding tert-OH is 1. The molecule has 3 nitrogen and oxygen atoms in total. The van der Waals surface area contributed by atoms with E-state index in [4.69, 9.17) is 4.74 Å². The molecule has 1 saturated heterocycles. The number of carbonyl (C=O) groups excluding carboxylic acids is 1. The Labute approximate surface area is 96.8 Å². The fourth-order valence-electron chi connectivity index (χ4n) is 1.81. The zero-order valence-corrected chi connectivity index (χ0v) is 9.82. The van der Waals surface area contributed by atoms with E-state index in [1.54, 1.807) is 0 Å². The van der Waals surface area contributed by atoms with Crippen LogP contribution in [0, 0.1) is 0 Å². The molecule has 1 aliphatic heterocycles. The van der Waals surface area contributed by atoms with Crippen LogP contribution in [-0.4, -0.2) is 23.3 Å². The van der Waals surface area contributed by atoms with Gasteiger partial charge >= 0.3 is 5.97 Å². The molecule has 90 valence electrons. The molecule has 0 aromatic carbocycles. The number of allylic oxidation sites excluding steroid dienone is 3. The largest absolute Gasteiger partial charge is 0.462 e. The van der Waals surface area contributed by atoms with E-state index < -0.39 is 6.10 Å². The summed E-state index contributed by atoms with van der Waals surface area (Å²) in [4.78, 5) is 11.1. The third-order valence-corrected chi connectivity index (χ3v) is 2.73. The van der Waals surface area contributed by atoms with Crippen LogP contribution in [0.15, 0.2) is 24.3 Å². The third-order valence-electron chi connectivity index (χ3n) is 2.73. The molecule has 1 N–H and O–H groups in total. The highest BCUT2D eigenvalue weighted by atomic mass is 16.5. The number of carbonyl (C=O) groups is 1. The Morgan fingerprint density at radius 2 is 2.44 bits per heavy atom. The Balaban J connectivity index is 2.31. The minimum atomic E-state index is -0.524. The predicted octanol–water partition coefficient (Wildman–Crippen LogP) is 2.36. The summed E-state index contributed by atoms with van der Waals surface area (Å²) < 4.78 is 5.17. The van der Waals surface area contributed by atoms with E-state index in [2.05, 4.69) is 19.6 Å². The molecule has 1 fully saturated rings. The standard InChI is InChI=1S/C13H20O3/c1-3-4-5-10(2)6-7-12-8-11(14)9-13(15)16-12/h3,5,11-12,14H,1,4,6-9H2,2H3/b10-5+/t11-,12+/m1/s1.